The fourth-order valence-corrected chi connectivity index (χ4v) is 3.30. The molecular weight excluding hydrogens is 338 g/mol. The molecule has 0 N–H and O–H groups in total. The van der Waals surface area contributed by atoms with Gasteiger partial charge in [-0.2, -0.15) is 0 Å². The summed E-state index contributed by atoms with van der Waals surface area (Å²) < 4.78 is 27.2. The Kier molecular flexibility index (Phi) is 4.50. The van der Waals surface area contributed by atoms with Gasteiger partial charge in [0.2, 0.25) is 0 Å². The molecule has 0 saturated carbocycles. The summed E-state index contributed by atoms with van der Waals surface area (Å²) in [5.74, 6) is 0. The molecule has 0 aliphatic rings. The average Bonchev–Trinajstić information content (AvgIpc) is 2.47. The first kappa shape index (κ1) is 15.1. The predicted octanol–water partition coefficient (Wildman–Crippen LogP) is 3.84. The maximum absolute atomic E-state index is 12.5. The minimum absolute atomic E-state index is 0.280. The fraction of sp³-hybridized carbons (Fsp3) is 0.200. The first-order valence-corrected chi connectivity index (χ1v) is 8.52. The third-order valence-electron chi connectivity index (χ3n) is 3.18. The van der Waals surface area contributed by atoms with E-state index in [4.69, 9.17) is 0 Å². The van der Waals surface area contributed by atoms with Gasteiger partial charge >= 0.3 is 0 Å². The summed E-state index contributed by atoms with van der Waals surface area (Å²) in [7, 11) is -1.95. The smallest absolute Gasteiger partial charge is 0.264 e. The Morgan fingerprint density at radius 1 is 1.00 bits per heavy atom. The van der Waals surface area contributed by atoms with E-state index < -0.39 is 10.0 Å². The second kappa shape index (κ2) is 5.97. The van der Waals surface area contributed by atoms with Crippen molar-refractivity contribution in [2.24, 2.45) is 0 Å². The summed E-state index contributed by atoms with van der Waals surface area (Å²) >= 11 is 3.30. The highest BCUT2D eigenvalue weighted by atomic mass is 79.9. The van der Waals surface area contributed by atoms with E-state index in [1.165, 1.54) is 9.87 Å². The van der Waals surface area contributed by atoms with E-state index in [2.05, 4.69) is 22.9 Å². The third kappa shape index (κ3) is 3.04. The number of nitrogens with zero attached hydrogens (tertiary/aromatic N) is 1. The SMILES string of the molecule is CCc1ccc(N(C)S(=O)(=O)c2ccc(Br)cc2)cc1. The van der Waals surface area contributed by atoms with Gasteiger partial charge in [-0.05, 0) is 48.4 Å². The van der Waals surface area contributed by atoms with Crippen molar-refractivity contribution in [3.63, 3.8) is 0 Å². The number of hydrogen-bond acceptors (Lipinski definition) is 2. The Labute approximate surface area is 128 Å². The summed E-state index contributed by atoms with van der Waals surface area (Å²) in [6.45, 7) is 2.07. The topological polar surface area (TPSA) is 37.4 Å². The summed E-state index contributed by atoms with van der Waals surface area (Å²) in [5.41, 5.74) is 1.84. The molecule has 2 aromatic carbocycles. The van der Waals surface area contributed by atoms with Crippen molar-refractivity contribution in [3.05, 3.63) is 58.6 Å². The van der Waals surface area contributed by atoms with E-state index in [1.807, 2.05) is 24.3 Å². The molecule has 106 valence electrons. The molecule has 0 atom stereocenters. The Hall–Kier alpha value is -1.33. The normalized spacial score (nSPS) is 11.3. The molecule has 3 nitrogen and oxygen atoms in total. The van der Waals surface area contributed by atoms with Crippen LogP contribution in [0.25, 0.3) is 0 Å². The number of rotatable bonds is 4. The van der Waals surface area contributed by atoms with Crippen LogP contribution >= 0.6 is 15.9 Å². The Morgan fingerprint density at radius 2 is 1.55 bits per heavy atom. The summed E-state index contributed by atoms with van der Waals surface area (Å²) in [4.78, 5) is 0.280. The molecule has 0 heterocycles. The number of anilines is 1. The number of sulfonamides is 1. The van der Waals surface area contributed by atoms with Gasteiger partial charge in [0.05, 0.1) is 10.6 Å². The second-order valence-electron chi connectivity index (χ2n) is 4.45. The summed E-state index contributed by atoms with van der Waals surface area (Å²) in [5, 5.41) is 0. The molecule has 2 aromatic rings. The van der Waals surface area contributed by atoms with Crippen LogP contribution in [0.4, 0.5) is 5.69 Å². The molecule has 0 spiro atoms. The number of hydrogen-bond donors (Lipinski definition) is 0. The molecule has 0 aromatic heterocycles. The number of aryl methyl sites for hydroxylation is 1. The van der Waals surface area contributed by atoms with E-state index in [0.29, 0.717) is 5.69 Å². The van der Waals surface area contributed by atoms with Crippen LogP contribution in [0.15, 0.2) is 57.9 Å². The lowest BCUT2D eigenvalue weighted by molar-refractivity contribution is 0.594. The van der Waals surface area contributed by atoms with Gasteiger partial charge in [-0.15, -0.1) is 0 Å². The van der Waals surface area contributed by atoms with E-state index in [9.17, 15) is 8.42 Å². The highest BCUT2D eigenvalue weighted by molar-refractivity contribution is 9.10. The van der Waals surface area contributed by atoms with E-state index >= 15 is 0 Å². The zero-order valence-corrected chi connectivity index (χ0v) is 13.8. The molecule has 0 saturated heterocycles. The lowest BCUT2D eigenvalue weighted by atomic mass is 10.1. The summed E-state index contributed by atoms with van der Waals surface area (Å²) in [6, 6.07) is 14.2. The van der Waals surface area contributed by atoms with Crippen molar-refractivity contribution in [3.8, 4) is 0 Å². The first-order chi connectivity index (χ1) is 9.45. The van der Waals surface area contributed by atoms with Crippen LogP contribution in [-0.2, 0) is 16.4 Å². The Balaban J connectivity index is 2.35. The van der Waals surface area contributed by atoms with Gasteiger partial charge in [-0.1, -0.05) is 35.0 Å². The molecule has 0 aliphatic carbocycles. The number of benzene rings is 2. The monoisotopic (exact) mass is 353 g/mol. The zero-order chi connectivity index (χ0) is 14.8. The Bertz CT molecular complexity index is 679. The van der Waals surface area contributed by atoms with Crippen LogP contribution in [0.2, 0.25) is 0 Å². The van der Waals surface area contributed by atoms with Gasteiger partial charge in [0.15, 0.2) is 0 Å². The maximum Gasteiger partial charge on any atom is 0.264 e. The quantitative estimate of drug-likeness (QED) is 0.837. The van der Waals surface area contributed by atoms with Crippen LogP contribution in [0, 0.1) is 0 Å². The molecule has 0 unspecified atom stereocenters. The molecule has 5 heteroatoms. The van der Waals surface area contributed by atoms with Crippen LogP contribution in [0.5, 0.6) is 0 Å². The van der Waals surface area contributed by atoms with E-state index in [0.717, 1.165) is 10.9 Å². The lowest BCUT2D eigenvalue weighted by Crippen LogP contribution is -2.26. The average molecular weight is 354 g/mol. The van der Waals surface area contributed by atoms with Gasteiger partial charge in [0.1, 0.15) is 0 Å². The molecule has 0 aliphatic heterocycles. The molecule has 20 heavy (non-hydrogen) atoms. The van der Waals surface area contributed by atoms with Crippen molar-refractivity contribution in [1.82, 2.24) is 0 Å². The van der Waals surface area contributed by atoms with Gasteiger partial charge in [0.25, 0.3) is 10.0 Å². The molecular formula is C15H16BrNO2S. The van der Waals surface area contributed by atoms with Crippen molar-refractivity contribution < 1.29 is 8.42 Å². The van der Waals surface area contributed by atoms with Crippen molar-refractivity contribution in [2.75, 3.05) is 11.4 Å². The minimum Gasteiger partial charge on any atom is -0.269 e. The Morgan fingerprint density at radius 3 is 2.05 bits per heavy atom. The van der Waals surface area contributed by atoms with Crippen LogP contribution in [-0.4, -0.2) is 15.5 Å². The van der Waals surface area contributed by atoms with E-state index in [1.54, 1.807) is 31.3 Å². The van der Waals surface area contributed by atoms with Gasteiger partial charge in [0, 0.05) is 11.5 Å². The van der Waals surface area contributed by atoms with Gasteiger partial charge in [-0.25, -0.2) is 8.42 Å². The van der Waals surface area contributed by atoms with E-state index in [-0.39, 0.29) is 4.90 Å². The van der Waals surface area contributed by atoms with Gasteiger partial charge < -0.3 is 0 Å². The highest BCUT2D eigenvalue weighted by Gasteiger charge is 2.20. The second-order valence-corrected chi connectivity index (χ2v) is 7.33. The third-order valence-corrected chi connectivity index (χ3v) is 5.51. The summed E-state index contributed by atoms with van der Waals surface area (Å²) in [6.07, 6.45) is 0.934. The predicted molar refractivity (Wildman–Crippen MR) is 85.6 cm³/mol. The van der Waals surface area contributed by atoms with Crippen molar-refractivity contribution in [2.45, 2.75) is 18.2 Å². The maximum atomic E-state index is 12.5. The van der Waals surface area contributed by atoms with Crippen LogP contribution < -0.4 is 4.31 Å². The number of halogens is 1. The minimum atomic E-state index is -3.52. The van der Waals surface area contributed by atoms with Crippen molar-refractivity contribution >= 4 is 31.6 Å². The molecule has 0 bridgehead atoms. The van der Waals surface area contributed by atoms with Crippen LogP contribution in [0.3, 0.4) is 0 Å². The molecule has 2 rings (SSSR count). The molecule has 0 radical (unpaired) electrons. The van der Waals surface area contributed by atoms with Crippen LogP contribution in [0.1, 0.15) is 12.5 Å². The fourth-order valence-electron chi connectivity index (χ4n) is 1.85. The van der Waals surface area contributed by atoms with Crippen molar-refractivity contribution in [1.29, 1.82) is 0 Å². The molecule has 0 fully saturated rings. The van der Waals surface area contributed by atoms with Gasteiger partial charge in [-0.3, -0.25) is 4.31 Å². The standard InChI is InChI=1S/C15H16BrNO2S/c1-3-12-4-8-14(9-5-12)17(2)20(18,19)15-10-6-13(16)7-11-15/h4-11H,3H2,1-2H3. The molecule has 0 amide bonds. The lowest BCUT2D eigenvalue weighted by Gasteiger charge is -2.19. The zero-order valence-electron chi connectivity index (χ0n) is 11.4. The largest absolute Gasteiger partial charge is 0.269 e. The first-order valence-electron chi connectivity index (χ1n) is 6.28. The highest BCUT2D eigenvalue weighted by Crippen LogP contribution is 2.23.